The van der Waals surface area contributed by atoms with Crippen LogP contribution in [0.15, 0.2) is 16.8 Å². The van der Waals surface area contributed by atoms with Gasteiger partial charge in [0.05, 0.1) is 12.0 Å². The molecule has 1 aliphatic heterocycles. The molecule has 80 valence electrons. The quantitative estimate of drug-likeness (QED) is 0.753. The van der Waals surface area contributed by atoms with E-state index in [0.29, 0.717) is 18.5 Å². The maximum Gasteiger partial charge on any atom is 0.307 e. The molecule has 1 aromatic rings. The Morgan fingerprint density at radius 3 is 2.87 bits per heavy atom. The lowest BCUT2D eigenvalue weighted by Gasteiger charge is -2.06. The summed E-state index contributed by atoms with van der Waals surface area (Å²) in [5.74, 6) is -1.26. The normalized spacial score (nSPS) is 25.3. The van der Waals surface area contributed by atoms with Gasteiger partial charge in [-0.05, 0) is 17.9 Å². The fraction of sp³-hybridized carbons (Fsp3) is 0.400. The molecule has 4 nitrogen and oxygen atoms in total. The van der Waals surface area contributed by atoms with E-state index in [4.69, 9.17) is 5.11 Å². The molecule has 0 aromatic carbocycles. The Morgan fingerprint density at radius 1 is 1.53 bits per heavy atom. The molecule has 1 saturated heterocycles. The molecule has 0 saturated carbocycles. The lowest BCUT2D eigenvalue weighted by Crippen LogP contribution is -2.30. The highest BCUT2D eigenvalue weighted by Gasteiger charge is 2.33. The summed E-state index contributed by atoms with van der Waals surface area (Å²) in [7, 11) is 0. The van der Waals surface area contributed by atoms with E-state index in [9.17, 15) is 9.59 Å². The number of aliphatic carboxylic acids is 1. The maximum atomic E-state index is 11.8. The van der Waals surface area contributed by atoms with Gasteiger partial charge in [0.2, 0.25) is 0 Å². The lowest BCUT2D eigenvalue weighted by molar-refractivity contribution is -0.141. The number of thiophene rings is 1. The summed E-state index contributed by atoms with van der Waals surface area (Å²) >= 11 is 1.47. The average Bonchev–Trinajstić information content (AvgIpc) is 2.88. The van der Waals surface area contributed by atoms with Crippen LogP contribution in [-0.2, 0) is 4.79 Å². The van der Waals surface area contributed by atoms with Crippen molar-refractivity contribution in [1.29, 1.82) is 0 Å². The van der Waals surface area contributed by atoms with E-state index in [1.165, 1.54) is 11.3 Å². The summed E-state index contributed by atoms with van der Waals surface area (Å²) in [4.78, 5) is 22.5. The number of hydrogen-bond donors (Lipinski definition) is 2. The van der Waals surface area contributed by atoms with Crippen LogP contribution in [0.5, 0.6) is 0 Å². The van der Waals surface area contributed by atoms with Crippen molar-refractivity contribution in [3.63, 3.8) is 0 Å². The van der Waals surface area contributed by atoms with Crippen LogP contribution in [-0.4, -0.2) is 29.4 Å². The molecular weight excluding hydrogens is 214 g/mol. The van der Waals surface area contributed by atoms with Crippen LogP contribution in [0.25, 0.3) is 0 Å². The Balaban J connectivity index is 2.02. The topological polar surface area (TPSA) is 66.4 Å². The third kappa shape index (κ3) is 2.08. The largest absolute Gasteiger partial charge is 0.481 e. The molecule has 0 aliphatic carbocycles. The SMILES string of the molecule is O=C(O)C1CNC(C(=O)c2ccsc2)C1. The van der Waals surface area contributed by atoms with Crippen molar-refractivity contribution in [2.45, 2.75) is 12.5 Å². The number of nitrogens with one attached hydrogen (secondary N) is 1. The molecule has 1 aliphatic rings. The van der Waals surface area contributed by atoms with Crippen molar-refractivity contribution in [3.8, 4) is 0 Å². The van der Waals surface area contributed by atoms with Crippen LogP contribution in [0.3, 0.4) is 0 Å². The van der Waals surface area contributed by atoms with E-state index in [0.717, 1.165) is 0 Å². The van der Waals surface area contributed by atoms with E-state index in [1.54, 1.807) is 11.4 Å². The predicted molar refractivity (Wildman–Crippen MR) is 56.2 cm³/mol. The number of carboxylic acids is 1. The fourth-order valence-corrected chi connectivity index (χ4v) is 2.37. The van der Waals surface area contributed by atoms with E-state index in [-0.39, 0.29) is 11.8 Å². The smallest absolute Gasteiger partial charge is 0.307 e. The molecule has 15 heavy (non-hydrogen) atoms. The molecule has 2 rings (SSSR count). The van der Waals surface area contributed by atoms with Gasteiger partial charge in [-0.2, -0.15) is 11.3 Å². The average molecular weight is 225 g/mol. The molecule has 2 heterocycles. The third-order valence-electron chi connectivity index (χ3n) is 2.60. The summed E-state index contributed by atoms with van der Waals surface area (Å²) in [5, 5.41) is 15.4. The molecule has 0 spiro atoms. The zero-order valence-electron chi connectivity index (χ0n) is 7.97. The summed E-state index contributed by atoms with van der Waals surface area (Å²) in [5.41, 5.74) is 0.670. The number of rotatable bonds is 3. The Bertz CT molecular complexity index is 374. The predicted octanol–water partition coefficient (Wildman–Crippen LogP) is 0.993. The Hall–Kier alpha value is -1.20. The summed E-state index contributed by atoms with van der Waals surface area (Å²) < 4.78 is 0. The second-order valence-corrected chi connectivity index (χ2v) is 4.39. The van der Waals surface area contributed by atoms with Crippen molar-refractivity contribution in [1.82, 2.24) is 5.32 Å². The van der Waals surface area contributed by atoms with Crippen molar-refractivity contribution in [2.75, 3.05) is 6.54 Å². The standard InChI is InChI=1S/C10H11NO3S/c12-9(6-1-2-15-5-6)8-3-7(4-11-8)10(13)14/h1-2,5,7-8,11H,3-4H2,(H,13,14). The van der Waals surface area contributed by atoms with Crippen molar-refractivity contribution in [3.05, 3.63) is 22.4 Å². The minimum atomic E-state index is -0.830. The molecule has 0 bridgehead atoms. The van der Waals surface area contributed by atoms with E-state index in [1.807, 2.05) is 5.38 Å². The molecule has 2 N–H and O–H groups in total. The molecule has 5 heteroatoms. The number of hydrogen-bond acceptors (Lipinski definition) is 4. The second-order valence-electron chi connectivity index (χ2n) is 3.61. The Morgan fingerprint density at radius 2 is 2.33 bits per heavy atom. The Kier molecular flexibility index (Phi) is 2.83. The van der Waals surface area contributed by atoms with Gasteiger partial charge in [-0.3, -0.25) is 9.59 Å². The highest BCUT2D eigenvalue weighted by atomic mass is 32.1. The molecule has 0 amide bonds. The van der Waals surface area contributed by atoms with Gasteiger partial charge in [0.15, 0.2) is 5.78 Å². The first-order valence-electron chi connectivity index (χ1n) is 4.71. The van der Waals surface area contributed by atoms with Gasteiger partial charge in [0.25, 0.3) is 0 Å². The number of carbonyl (C=O) groups is 2. The zero-order valence-corrected chi connectivity index (χ0v) is 8.79. The minimum absolute atomic E-state index is 0.000000000000000444. The first-order chi connectivity index (χ1) is 7.18. The Labute approximate surface area is 90.9 Å². The highest BCUT2D eigenvalue weighted by Crippen LogP contribution is 2.19. The van der Waals surface area contributed by atoms with Crippen LogP contribution in [0, 0.1) is 5.92 Å². The van der Waals surface area contributed by atoms with Gasteiger partial charge in [0.1, 0.15) is 0 Å². The van der Waals surface area contributed by atoms with Crippen LogP contribution in [0.2, 0.25) is 0 Å². The number of Topliss-reactive ketones (excluding diaryl/α,β-unsaturated/α-hetero) is 1. The second kappa shape index (κ2) is 4.12. The van der Waals surface area contributed by atoms with Crippen LogP contribution in [0.1, 0.15) is 16.8 Å². The summed E-state index contributed by atoms with van der Waals surface area (Å²) in [6.45, 7) is 0.385. The summed E-state index contributed by atoms with van der Waals surface area (Å²) in [6, 6.07) is 1.43. The van der Waals surface area contributed by atoms with Gasteiger partial charge < -0.3 is 10.4 Å². The monoisotopic (exact) mass is 225 g/mol. The fourth-order valence-electron chi connectivity index (χ4n) is 1.73. The van der Waals surface area contributed by atoms with E-state index < -0.39 is 11.9 Å². The molecule has 2 atom stereocenters. The molecule has 1 aromatic heterocycles. The molecule has 2 unspecified atom stereocenters. The van der Waals surface area contributed by atoms with Gasteiger partial charge in [-0.15, -0.1) is 0 Å². The maximum absolute atomic E-state index is 11.8. The molecule has 1 fully saturated rings. The zero-order chi connectivity index (χ0) is 10.8. The molecule has 0 radical (unpaired) electrons. The van der Waals surface area contributed by atoms with Gasteiger partial charge in [-0.25, -0.2) is 0 Å². The summed E-state index contributed by atoms with van der Waals surface area (Å²) in [6.07, 6.45) is 0.393. The van der Waals surface area contributed by atoms with Crippen molar-refractivity contribution in [2.24, 2.45) is 5.92 Å². The third-order valence-corrected chi connectivity index (χ3v) is 3.29. The number of ketones is 1. The van der Waals surface area contributed by atoms with Gasteiger partial charge >= 0.3 is 5.97 Å². The van der Waals surface area contributed by atoms with E-state index in [2.05, 4.69) is 5.32 Å². The first-order valence-corrected chi connectivity index (χ1v) is 5.65. The highest BCUT2D eigenvalue weighted by molar-refractivity contribution is 7.08. The first kappa shape index (κ1) is 10.3. The van der Waals surface area contributed by atoms with Gasteiger partial charge in [0, 0.05) is 17.5 Å². The lowest BCUT2D eigenvalue weighted by atomic mass is 10.0. The number of carbonyl (C=O) groups excluding carboxylic acids is 1. The van der Waals surface area contributed by atoms with Crippen LogP contribution in [0.4, 0.5) is 0 Å². The van der Waals surface area contributed by atoms with E-state index >= 15 is 0 Å². The van der Waals surface area contributed by atoms with Crippen molar-refractivity contribution >= 4 is 23.1 Å². The number of carboxylic acid groups (broad SMARTS) is 1. The molecular formula is C10H11NO3S. The minimum Gasteiger partial charge on any atom is -0.481 e. The van der Waals surface area contributed by atoms with Crippen molar-refractivity contribution < 1.29 is 14.7 Å². The van der Waals surface area contributed by atoms with Crippen LogP contribution < -0.4 is 5.32 Å². The van der Waals surface area contributed by atoms with Gasteiger partial charge in [-0.1, -0.05) is 0 Å². The van der Waals surface area contributed by atoms with Crippen LogP contribution >= 0.6 is 11.3 Å².